The molecule has 1 amide bonds. The van der Waals surface area contributed by atoms with Gasteiger partial charge >= 0.3 is 0 Å². The number of aromatic nitrogens is 3. The highest BCUT2D eigenvalue weighted by atomic mass is 32.2. The molecule has 25 heavy (non-hydrogen) atoms. The molecule has 0 aromatic carbocycles. The Morgan fingerprint density at radius 3 is 2.68 bits per heavy atom. The van der Waals surface area contributed by atoms with Gasteiger partial charge in [0.25, 0.3) is 0 Å². The first-order valence-corrected chi connectivity index (χ1v) is 9.50. The summed E-state index contributed by atoms with van der Waals surface area (Å²) in [5.74, 6) is 0.864. The molecule has 2 rings (SSSR count). The van der Waals surface area contributed by atoms with Crippen LogP contribution in [0, 0.1) is 17.2 Å². The van der Waals surface area contributed by atoms with E-state index in [-0.39, 0.29) is 17.6 Å². The number of carbonyl (C=O) groups is 1. The third-order valence-corrected chi connectivity index (χ3v) is 5.39. The number of nitrogens with zero attached hydrogens (tertiary/aromatic N) is 5. The second-order valence-corrected chi connectivity index (χ2v) is 7.37. The van der Waals surface area contributed by atoms with E-state index in [1.165, 1.54) is 11.8 Å². The van der Waals surface area contributed by atoms with Gasteiger partial charge in [-0.1, -0.05) is 25.6 Å². The van der Waals surface area contributed by atoms with E-state index in [0.29, 0.717) is 18.4 Å². The maximum Gasteiger partial charge on any atom is 0.231 e. The lowest BCUT2D eigenvalue weighted by Gasteiger charge is -2.28. The first-order chi connectivity index (χ1) is 11.9. The number of amides is 1. The van der Waals surface area contributed by atoms with Crippen LogP contribution in [0.3, 0.4) is 0 Å². The number of anilines is 1. The van der Waals surface area contributed by atoms with Gasteiger partial charge in [-0.25, -0.2) is 0 Å². The zero-order valence-electron chi connectivity index (χ0n) is 15.3. The molecular formula is C16H26N6O2S. The van der Waals surface area contributed by atoms with E-state index in [4.69, 9.17) is 4.74 Å². The molecule has 1 saturated heterocycles. The van der Waals surface area contributed by atoms with Crippen molar-refractivity contribution in [3.05, 3.63) is 0 Å². The molecule has 1 aliphatic rings. The van der Waals surface area contributed by atoms with Crippen molar-refractivity contribution in [3.63, 3.8) is 0 Å². The predicted molar refractivity (Wildman–Crippen MR) is 96.5 cm³/mol. The maximum atomic E-state index is 12.2. The topological polar surface area (TPSA) is 96.1 Å². The Morgan fingerprint density at radius 1 is 1.44 bits per heavy atom. The first-order valence-electron chi connectivity index (χ1n) is 8.52. The van der Waals surface area contributed by atoms with Crippen LogP contribution in [0.2, 0.25) is 0 Å². The van der Waals surface area contributed by atoms with Gasteiger partial charge in [-0.05, 0) is 19.8 Å². The highest BCUT2D eigenvalue weighted by molar-refractivity contribution is 7.99. The second kappa shape index (κ2) is 8.54. The summed E-state index contributed by atoms with van der Waals surface area (Å²) in [5.41, 5.74) is -0.866. The standard InChI is InChI=1S/C16H26N6O2S/c1-5-22-14(21-6-8-24-9-7-21)19-20-15(22)25-10-13(23)18-16(4,11-17)12(2)3/h12H,5-10H2,1-4H3,(H,18,23)/t16-/m0/s1. The molecule has 0 saturated carbocycles. The Kier molecular flexibility index (Phi) is 6.67. The molecule has 1 fully saturated rings. The van der Waals surface area contributed by atoms with Crippen LogP contribution in [0.5, 0.6) is 0 Å². The molecule has 0 aliphatic carbocycles. The van der Waals surface area contributed by atoms with E-state index in [1.54, 1.807) is 6.92 Å². The molecule has 8 nitrogen and oxygen atoms in total. The normalized spacial score (nSPS) is 17.2. The number of hydrogen-bond donors (Lipinski definition) is 1. The van der Waals surface area contributed by atoms with E-state index in [0.717, 1.165) is 25.6 Å². The zero-order chi connectivity index (χ0) is 18.4. The molecule has 0 radical (unpaired) electrons. The van der Waals surface area contributed by atoms with E-state index in [2.05, 4.69) is 26.5 Å². The molecule has 1 aromatic heterocycles. The monoisotopic (exact) mass is 366 g/mol. The summed E-state index contributed by atoms with van der Waals surface area (Å²) in [6.07, 6.45) is 0. The zero-order valence-corrected chi connectivity index (χ0v) is 16.1. The van der Waals surface area contributed by atoms with Gasteiger partial charge in [0.15, 0.2) is 5.16 Å². The Bertz CT molecular complexity index is 635. The van der Waals surface area contributed by atoms with Crippen molar-refractivity contribution in [1.29, 1.82) is 5.26 Å². The van der Waals surface area contributed by atoms with Crippen LogP contribution >= 0.6 is 11.8 Å². The van der Waals surface area contributed by atoms with Crippen LogP contribution in [0.1, 0.15) is 27.7 Å². The van der Waals surface area contributed by atoms with Crippen LogP contribution in [0.25, 0.3) is 0 Å². The molecule has 0 bridgehead atoms. The number of thioether (sulfide) groups is 1. The molecule has 1 aliphatic heterocycles. The largest absolute Gasteiger partial charge is 0.378 e. The van der Waals surface area contributed by atoms with E-state index < -0.39 is 5.54 Å². The van der Waals surface area contributed by atoms with Gasteiger partial charge in [-0.3, -0.25) is 9.36 Å². The summed E-state index contributed by atoms with van der Waals surface area (Å²) >= 11 is 1.34. The van der Waals surface area contributed by atoms with Crippen molar-refractivity contribution in [2.75, 3.05) is 37.0 Å². The summed E-state index contributed by atoms with van der Waals surface area (Å²) in [7, 11) is 0. The van der Waals surface area contributed by atoms with E-state index in [9.17, 15) is 10.1 Å². The molecular weight excluding hydrogens is 340 g/mol. The van der Waals surface area contributed by atoms with Gasteiger partial charge in [0.2, 0.25) is 11.9 Å². The second-order valence-electron chi connectivity index (χ2n) is 6.43. The van der Waals surface area contributed by atoms with E-state index >= 15 is 0 Å². The summed E-state index contributed by atoms with van der Waals surface area (Å²) < 4.78 is 7.38. The minimum Gasteiger partial charge on any atom is -0.378 e. The summed E-state index contributed by atoms with van der Waals surface area (Å²) in [6, 6.07) is 2.18. The summed E-state index contributed by atoms with van der Waals surface area (Å²) in [5, 5.41) is 21.4. The van der Waals surface area contributed by atoms with Gasteiger partial charge in [0.05, 0.1) is 25.0 Å². The fraction of sp³-hybridized carbons (Fsp3) is 0.750. The number of nitrogens with one attached hydrogen (secondary N) is 1. The van der Waals surface area contributed by atoms with Crippen molar-refractivity contribution in [1.82, 2.24) is 20.1 Å². The van der Waals surface area contributed by atoms with Gasteiger partial charge < -0.3 is 15.0 Å². The van der Waals surface area contributed by atoms with Gasteiger partial charge in [0, 0.05) is 19.6 Å². The fourth-order valence-electron chi connectivity index (χ4n) is 2.42. The molecule has 138 valence electrons. The Balaban J connectivity index is 2.00. The number of ether oxygens (including phenoxy) is 1. The lowest BCUT2D eigenvalue weighted by Crippen LogP contribution is -2.49. The lowest BCUT2D eigenvalue weighted by atomic mass is 9.90. The average Bonchev–Trinajstić information content (AvgIpc) is 3.03. The van der Waals surface area contributed by atoms with Crippen LogP contribution in [-0.2, 0) is 16.1 Å². The van der Waals surface area contributed by atoms with Crippen molar-refractivity contribution in [3.8, 4) is 6.07 Å². The smallest absolute Gasteiger partial charge is 0.231 e. The van der Waals surface area contributed by atoms with E-state index in [1.807, 2.05) is 25.3 Å². The quantitative estimate of drug-likeness (QED) is 0.726. The lowest BCUT2D eigenvalue weighted by molar-refractivity contribution is -0.120. The van der Waals surface area contributed by atoms with Gasteiger partial charge in [0.1, 0.15) is 5.54 Å². The van der Waals surface area contributed by atoms with Crippen LogP contribution in [-0.4, -0.2) is 58.3 Å². The molecule has 0 unspecified atom stereocenters. The minimum atomic E-state index is -0.866. The molecule has 1 atom stereocenters. The fourth-order valence-corrected chi connectivity index (χ4v) is 3.22. The molecule has 1 N–H and O–H groups in total. The third kappa shape index (κ3) is 4.64. The minimum absolute atomic E-state index is 0.0265. The Morgan fingerprint density at radius 2 is 2.12 bits per heavy atom. The van der Waals surface area contributed by atoms with Crippen LogP contribution in [0.4, 0.5) is 5.95 Å². The number of nitriles is 1. The number of rotatable bonds is 7. The average molecular weight is 366 g/mol. The van der Waals surface area contributed by atoms with Gasteiger partial charge in [-0.15, -0.1) is 10.2 Å². The Labute approximate surface area is 152 Å². The molecule has 1 aromatic rings. The maximum absolute atomic E-state index is 12.2. The SMILES string of the molecule is CCn1c(SCC(=O)N[C@@](C)(C#N)C(C)C)nnc1N1CCOCC1. The molecule has 9 heteroatoms. The summed E-state index contributed by atoms with van der Waals surface area (Å²) in [4.78, 5) is 14.4. The third-order valence-electron chi connectivity index (χ3n) is 4.43. The summed E-state index contributed by atoms with van der Waals surface area (Å²) in [6.45, 7) is 11.3. The van der Waals surface area contributed by atoms with Crippen molar-refractivity contribution in [2.24, 2.45) is 5.92 Å². The number of carbonyl (C=O) groups excluding carboxylic acids is 1. The molecule has 0 spiro atoms. The predicted octanol–water partition coefficient (Wildman–Crippen LogP) is 1.28. The van der Waals surface area contributed by atoms with Crippen molar-refractivity contribution < 1.29 is 9.53 Å². The van der Waals surface area contributed by atoms with Crippen molar-refractivity contribution in [2.45, 2.75) is 44.9 Å². The molecule has 2 heterocycles. The van der Waals surface area contributed by atoms with Crippen LogP contribution in [0.15, 0.2) is 5.16 Å². The number of hydrogen-bond acceptors (Lipinski definition) is 7. The highest BCUT2D eigenvalue weighted by Crippen LogP contribution is 2.23. The Hall–Kier alpha value is -1.79. The van der Waals surface area contributed by atoms with Gasteiger partial charge in [-0.2, -0.15) is 5.26 Å². The number of morpholine rings is 1. The highest BCUT2D eigenvalue weighted by Gasteiger charge is 2.30. The van der Waals surface area contributed by atoms with Crippen LogP contribution < -0.4 is 10.2 Å². The first kappa shape index (κ1) is 19.5. The van der Waals surface area contributed by atoms with Crippen molar-refractivity contribution >= 4 is 23.6 Å².